The average molecular weight is 461 g/mol. The lowest BCUT2D eigenvalue weighted by atomic mass is 10.0. The van der Waals surface area contributed by atoms with E-state index in [0.29, 0.717) is 56.3 Å². The molecule has 1 aliphatic rings. The van der Waals surface area contributed by atoms with Gasteiger partial charge in [0.1, 0.15) is 11.6 Å². The van der Waals surface area contributed by atoms with E-state index in [2.05, 4.69) is 25.7 Å². The van der Waals surface area contributed by atoms with Gasteiger partial charge in [-0.1, -0.05) is 69.3 Å². The number of carbonyl (C=O) groups is 1. The Bertz CT molecular complexity index is 1120. The predicted molar refractivity (Wildman–Crippen MR) is 134 cm³/mol. The third-order valence-corrected chi connectivity index (χ3v) is 6.28. The summed E-state index contributed by atoms with van der Waals surface area (Å²) in [7, 11) is 0. The van der Waals surface area contributed by atoms with Gasteiger partial charge >= 0.3 is 0 Å². The molecule has 0 spiro atoms. The molecular formula is C28H33FN4O. The minimum atomic E-state index is -0.216. The van der Waals surface area contributed by atoms with Crippen LogP contribution in [-0.2, 0) is 17.6 Å². The molecule has 178 valence electrons. The summed E-state index contributed by atoms with van der Waals surface area (Å²) in [6.45, 7) is 8.94. The molecule has 1 saturated heterocycles. The maximum Gasteiger partial charge on any atom is 0.222 e. The Balaban J connectivity index is 1.70. The van der Waals surface area contributed by atoms with E-state index in [1.54, 1.807) is 6.07 Å². The molecule has 4 rings (SSSR count). The normalized spacial score (nSPS) is 14.0. The largest absolute Gasteiger partial charge is 0.353 e. The molecule has 0 unspecified atom stereocenters. The van der Waals surface area contributed by atoms with Crippen LogP contribution in [0.25, 0.3) is 11.4 Å². The van der Waals surface area contributed by atoms with Gasteiger partial charge in [-0.15, -0.1) is 0 Å². The summed E-state index contributed by atoms with van der Waals surface area (Å²) in [4.78, 5) is 26.7. The van der Waals surface area contributed by atoms with Crippen LogP contribution in [-0.4, -0.2) is 47.0 Å². The number of hydrogen-bond donors (Lipinski definition) is 0. The van der Waals surface area contributed by atoms with Gasteiger partial charge in [0.05, 0.1) is 0 Å². The Morgan fingerprint density at radius 1 is 0.971 bits per heavy atom. The lowest BCUT2D eigenvalue weighted by molar-refractivity contribution is -0.132. The molecule has 0 radical (unpaired) electrons. The van der Waals surface area contributed by atoms with Gasteiger partial charge in [-0.2, -0.15) is 0 Å². The summed E-state index contributed by atoms with van der Waals surface area (Å²) in [5, 5.41) is 0. The molecule has 5 nitrogen and oxygen atoms in total. The molecule has 2 aromatic carbocycles. The van der Waals surface area contributed by atoms with Gasteiger partial charge in [0, 0.05) is 55.8 Å². The Hall–Kier alpha value is -3.28. The van der Waals surface area contributed by atoms with Crippen molar-refractivity contribution in [1.29, 1.82) is 0 Å². The van der Waals surface area contributed by atoms with Crippen molar-refractivity contribution in [3.8, 4) is 11.4 Å². The van der Waals surface area contributed by atoms with Crippen LogP contribution in [0.3, 0.4) is 0 Å². The van der Waals surface area contributed by atoms with E-state index >= 15 is 0 Å². The highest BCUT2D eigenvalue weighted by atomic mass is 19.1. The molecular weight excluding hydrogens is 427 g/mol. The maximum absolute atomic E-state index is 14.6. The number of carbonyl (C=O) groups excluding carboxylic acids is 1. The summed E-state index contributed by atoms with van der Waals surface area (Å²) < 4.78 is 14.6. The second-order valence-corrected chi connectivity index (χ2v) is 9.25. The number of benzene rings is 2. The molecule has 1 amide bonds. The average Bonchev–Trinajstić information content (AvgIpc) is 2.85. The maximum atomic E-state index is 14.6. The fourth-order valence-electron chi connectivity index (χ4n) is 4.45. The van der Waals surface area contributed by atoms with Crippen molar-refractivity contribution in [3.05, 3.63) is 77.2 Å². The molecule has 0 aliphatic carbocycles. The second kappa shape index (κ2) is 10.8. The van der Waals surface area contributed by atoms with Gasteiger partial charge in [-0.25, -0.2) is 14.4 Å². The number of nitrogens with zero attached hydrogens (tertiary/aromatic N) is 4. The number of aryl methyl sites for hydroxylation is 1. The van der Waals surface area contributed by atoms with Crippen molar-refractivity contribution in [3.63, 3.8) is 0 Å². The monoisotopic (exact) mass is 460 g/mol. The van der Waals surface area contributed by atoms with Gasteiger partial charge < -0.3 is 9.80 Å². The van der Waals surface area contributed by atoms with Gasteiger partial charge in [0.2, 0.25) is 5.91 Å². The molecule has 2 heterocycles. The van der Waals surface area contributed by atoms with E-state index < -0.39 is 0 Å². The first-order valence-electron chi connectivity index (χ1n) is 12.2. The quantitative estimate of drug-likeness (QED) is 0.490. The van der Waals surface area contributed by atoms with E-state index in [-0.39, 0.29) is 11.7 Å². The number of rotatable bonds is 7. The summed E-state index contributed by atoms with van der Waals surface area (Å²) in [5.74, 6) is 1.88. The third kappa shape index (κ3) is 5.44. The zero-order chi connectivity index (χ0) is 24.1. The Morgan fingerprint density at radius 2 is 1.65 bits per heavy atom. The van der Waals surface area contributed by atoms with E-state index in [4.69, 9.17) is 9.97 Å². The highest BCUT2D eigenvalue weighted by Gasteiger charge is 2.26. The molecule has 1 fully saturated rings. The summed E-state index contributed by atoms with van der Waals surface area (Å²) >= 11 is 0. The molecule has 1 aliphatic heterocycles. The molecule has 1 aromatic heterocycles. The highest BCUT2D eigenvalue weighted by molar-refractivity contribution is 5.76. The zero-order valence-electron chi connectivity index (χ0n) is 20.3. The fraction of sp³-hybridized carbons (Fsp3) is 0.393. The molecule has 0 bridgehead atoms. The first-order chi connectivity index (χ1) is 16.5. The minimum absolute atomic E-state index is 0.211. The van der Waals surface area contributed by atoms with Crippen molar-refractivity contribution in [2.75, 3.05) is 31.1 Å². The number of amides is 1. The van der Waals surface area contributed by atoms with Crippen LogP contribution in [0.2, 0.25) is 0 Å². The van der Waals surface area contributed by atoms with Crippen molar-refractivity contribution < 1.29 is 9.18 Å². The number of anilines is 1. The zero-order valence-corrected chi connectivity index (χ0v) is 20.3. The molecule has 34 heavy (non-hydrogen) atoms. The van der Waals surface area contributed by atoms with Crippen LogP contribution in [0.1, 0.15) is 44.0 Å². The van der Waals surface area contributed by atoms with E-state index in [0.717, 1.165) is 29.1 Å². The fourth-order valence-corrected chi connectivity index (χ4v) is 4.45. The predicted octanol–water partition coefficient (Wildman–Crippen LogP) is 5.13. The Morgan fingerprint density at radius 3 is 2.29 bits per heavy atom. The SMILES string of the molecule is CCc1nc(-c2ccccc2)nc(N2CCN(C(=O)CC(C)C)CC2)c1Cc1ccccc1F. The molecule has 0 atom stereocenters. The Kier molecular flexibility index (Phi) is 7.56. The van der Waals surface area contributed by atoms with Gasteiger partial charge in [0.25, 0.3) is 0 Å². The smallest absolute Gasteiger partial charge is 0.222 e. The van der Waals surface area contributed by atoms with E-state index in [9.17, 15) is 9.18 Å². The first-order valence-corrected chi connectivity index (χ1v) is 12.2. The van der Waals surface area contributed by atoms with Crippen LogP contribution in [0, 0.1) is 11.7 Å². The highest BCUT2D eigenvalue weighted by Crippen LogP contribution is 2.29. The number of halogens is 1. The molecule has 6 heteroatoms. The third-order valence-electron chi connectivity index (χ3n) is 6.28. The van der Waals surface area contributed by atoms with Crippen LogP contribution in [0.4, 0.5) is 10.2 Å². The first kappa shape index (κ1) is 23.9. The molecule has 0 saturated carbocycles. The topological polar surface area (TPSA) is 49.3 Å². The number of piperazine rings is 1. The lowest BCUT2D eigenvalue weighted by Crippen LogP contribution is -2.49. The van der Waals surface area contributed by atoms with Crippen molar-refractivity contribution in [1.82, 2.24) is 14.9 Å². The number of aromatic nitrogens is 2. The van der Waals surface area contributed by atoms with Gasteiger partial charge in [-0.3, -0.25) is 4.79 Å². The summed E-state index contributed by atoms with van der Waals surface area (Å²) in [5.41, 5.74) is 3.50. The van der Waals surface area contributed by atoms with Crippen molar-refractivity contribution in [2.45, 2.75) is 40.0 Å². The lowest BCUT2D eigenvalue weighted by Gasteiger charge is -2.37. The van der Waals surface area contributed by atoms with Gasteiger partial charge in [0.15, 0.2) is 5.82 Å². The van der Waals surface area contributed by atoms with Crippen molar-refractivity contribution in [2.24, 2.45) is 5.92 Å². The molecule has 0 N–H and O–H groups in total. The summed E-state index contributed by atoms with van der Waals surface area (Å²) in [6, 6.07) is 16.9. The van der Waals surface area contributed by atoms with E-state index in [1.165, 1.54) is 6.07 Å². The molecule has 3 aromatic rings. The van der Waals surface area contributed by atoms with Crippen LogP contribution in [0.15, 0.2) is 54.6 Å². The Labute approximate surface area is 201 Å². The minimum Gasteiger partial charge on any atom is -0.353 e. The summed E-state index contributed by atoms with van der Waals surface area (Å²) in [6.07, 6.45) is 1.74. The second-order valence-electron chi connectivity index (χ2n) is 9.25. The van der Waals surface area contributed by atoms with Crippen LogP contribution >= 0.6 is 0 Å². The van der Waals surface area contributed by atoms with E-state index in [1.807, 2.05) is 47.4 Å². The standard InChI is InChI=1S/C28H33FN4O/c1-4-25-23(19-22-12-8-9-13-24(22)29)28(31-27(30-25)21-10-6-5-7-11-21)33-16-14-32(15-17-33)26(34)18-20(2)3/h5-13,20H,4,14-19H2,1-3H3. The van der Waals surface area contributed by atoms with Crippen LogP contribution in [0.5, 0.6) is 0 Å². The van der Waals surface area contributed by atoms with Crippen molar-refractivity contribution >= 4 is 11.7 Å². The number of hydrogen-bond acceptors (Lipinski definition) is 4. The van der Waals surface area contributed by atoms with Gasteiger partial charge in [-0.05, 0) is 24.0 Å². The van der Waals surface area contributed by atoms with Crippen LogP contribution < -0.4 is 4.90 Å².